The van der Waals surface area contributed by atoms with Crippen LogP contribution < -0.4 is 5.32 Å². The van der Waals surface area contributed by atoms with Crippen molar-refractivity contribution in [3.05, 3.63) is 65.0 Å². The molecule has 4 nitrogen and oxygen atoms in total. The second-order valence-electron chi connectivity index (χ2n) is 8.29. The lowest BCUT2D eigenvalue weighted by Crippen LogP contribution is -2.36. The summed E-state index contributed by atoms with van der Waals surface area (Å²) in [5, 5.41) is 3.03. The number of imidazole rings is 1. The smallest absolute Gasteiger partial charge is 0.225 e. The number of nitrogens with zero attached hydrogens (tertiary/aromatic N) is 2. The molecule has 1 heterocycles. The highest BCUT2D eigenvalue weighted by molar-refractivity contribution is 5.81. The Bertz CT molecular complexity index is 963. The molecule has 0 saturated carbocycles. The van der Waals surface area contributed by atoms with Gasteiger partial charge in [-0.2, -0.15) is 0 Å². The molecule has 0 atom stereocenters. The molecule has 3 aromatic rings. The molecule has 2 aromatic carbocycles. The van der Waals surface area contributed by atoms with Gasteiger partial charge in [-0.15, -0.1) is 0 Å². The van der Waals surface area contributed by atoms with Crippen LogP contribution in [0.5, 0.6) is 0 Å². The van der Waals surface area contributed by atoms with Gasteiger partial charge in [0.15, 0.2) is 0 Å². The van der Waals surface area contributed by atoms with Crippen molar-refractivity contribution in [3.8, 4) is 0 Å². The van der Waals surface area contributed by atoms with E-state index < -0.39 is 0 Å². The molecule has 142 valence electrons. The van der Waals surface area contributed by atoms with Gasteiger partial charge in [0.25, 0.3) is 0 Å². The summed E-state index contributed by atoms with van der Waals surface area (Å²) in [7, 11) is 0. The summed E-state index contributed by atoms with van der Waals surface area (Å²) in [6.07, 6.45) is 0.710. The van der Waals surface area contributed by atoms with Crippen LogP contribution in [0, 0.1) is 19.3 Å². The van der Waals surface area contributed by atoms with Crippen LogP contribution >= 0.6 is 0 Å². The molecule has 27 heavy (non-hydrogen) atoms. The molecular formula is C23H29N3O. The quantitative estimate of drug-likeness (QED) is 0.730. The zero-order valence-electron chi connectivity index (χ0n) is 17.0. The van der Waals surface area contributed by atoms with Crippen LogP contribution in [0.3, 0.4) is 0 Å². The number of hydrogen-bond acceptors (Lipinski definition) is 2. The van der Waals surface area contributed by atoms with Crippen LogP contribution in [0.15, 0.2) is 42.5 Å². The number of para-hydroxylation sites is 2. The van der Waals surface area contributed by atoms with Crippen LogP contribution in [-0.2, 0) is 17.8 Å². The van der Waals surface area contributed by atoms with Crippen LogP contribution in [-0.4, -0.2) is 22.0 Å². The third kappa shape index (κ3) is 4.38. The third-order valence-electron chi connectivity index (χ3n) is 4.88. The molecule has 0 fully saturated rings. The van der Waals surface area contributed by atoms with Crippen LogP contribution in [0.25, 0.3) is 11.0 Å². The Morgan fingerprint density at radius 2 is 1.85 bits per heavy atom. The minimum atomic E-state index is -0.376. The number of amides is 1. The third-order valence-corrected chi connectivity index (χ3v) is 4.88. The Morgan fingerprint density at radius 1 is 1.11 bits per heavy atom. The van der Waals surface area contributed by atoms with Gasteiger partial charge in [0.1, 0.15) is 5.82 Å². The summed E-state index contributed by atoms with van der Waals surface area (Å²) in [6.45, 7) is 11.4. The van der Waals surface area contributed by atoms with Crippen molar-refractivity contribution >= 4 is 16.9 Å². The minimum Gasteiger partial charge on any atom is -0.355 e. The fourth-order valence-electron chi connectivity index (χ4n) is 3.19. The second kappa shape index (κ2) is 7.55. The fraction of sp³-hybridized carbons (Fsp3) is 0.391. The van der Waals surface area contributed by atoms with Crippen LogP contribution in [0.1, 0.15) is 43.3 Å². The number of aromatic nitrogens is 2. The fourth-order valence-corrected chi connectivity index (χ4v) is 3.19. The van der Waals surface area contributed by atoms with E-state index in [-0.39, 0.29) is 11.3 Å². The van der Waals surface area contributed by atoms with Gasteiger partial charge in [-0.25, -0.2) is 4.98 Å². The molecule has 0 saturated heterocycles. The summed E-state index contributed by atoms with van der Waals surface area (Å²) in [6, 6.07) is 14.8. The number of nitrogens with one attached hydrogen (secondary N) is 1. The molecule has 0 aliphatic heterocycles. The molecule has 0 unspecified atom stereocenters. The van der Waals surface area contributed by atoms with Gasteiger partial charge in [0.2, 0.25) is 5.91 Å². The first-order chi connectivity index (χ1) is 12.8. The monoisotopic (exact) mass is 363 g/mol. The van der Waals surface area contributed by atoms with Crippen LogP contribution in [0.4, 0.5) is 0 Å². The highest BCUT2D eigenvalue weighted by Gasteiger charge is 2.21. The average molecular weight is 364 g/mol. The number of hydrogen-bond donors (Lipinski definition) is 1. The lowest BCUT2D eigenvalue weighted by molar-refractivity contribution is -0.128. The van der Waals surface area contributed by atoms with Gasteiger partial charge < -0.3 is 9.88 Å². The average Bonchev–Trinajstić information content (AvgIpc) is 2.95. The SMILES string of the molecule is Cc1ccc(C)c(Cn2c(CCNC(=O)C(C)(C)C)nc3ccccc32)c1. The van der Waals surface area contributed by atoms with Crippen molar-refractivity contribution in [2.45, 2.75) is 47.6 Å². The first-order valence-corrected chi connectivity index (χ1v) is 9.54. The molecule has 0 spiro atoms. The number of carbonyl (C=O) groups excluding carboxylic acids is 1. The van der Waals surface area contributed by atoms with Crippen molar-refractivity contribution in [3.63, 3.8) is 0 Å². The second-order valence-corrected chi connectivity index (χ2v) is 8.29. The predicted molar refractivity (Wildman–Crippen MR) is 111 cm³/mol. The molecule has 1 N–H and O–H groups in total. The van der Waals surface area contributed by atoms with Crippen molar-refractivity contribution in [2.24, 2.45) is 5.41 Å². The zero-order valence-corrected chi connectivity index (χ0v) is 17.0. The Morgan fingerprint density at radius 3 is 2.59 bits per heavy atom. The molecular weight excluding hydrogens is 334 g/mol. The van der Waals surface area contributed by atoms with E-state index in [4.69, 9.17) is 4.98 Å². The van der Waals surface area contributed by atoms with E-state index in [1.807, 2.05) is 32.9 Å². The first-order valence-electron chi connectivity index (χ1n) is 9.54. The minimum absolute atomic E-state index is 0.0692. The Hall–Kier alpha value is -2.62. The van der Waals surface area contributed by atoms with Gasteiger partial charge in [0.05, 0.1) is 11.0 Å². The van der Waals surface area contributed by atoms with Gasteiger partial charge in [0, 0.05) is 24.9 Å². The van der Waals surface area contributed by atoms with Crippen molar-refractivity contribution in [1.29, 1.82) is 0 Å². The maximum atomic E-state index is 12.1. The van der Waals surface area contributed by atoms with Crippen molar-refractivity contribution < 1.29 is 4.79 Å². The first kappa shape index (κ1) is 19.2. The van der Waals surface area contributed by atoms with Gasteiger partial charge in [-0.05, 0) is 37.1 Å². The summed E-state index contributed by atoms with van der Waals surface area (Å²) in [5.74, 6) is 1.08. The molecule has 0 bridgehead atoms. The van der Waals surface area contributed by atoms with E-state index in [0.29, 0.717) is 13.0 Å². The normalized spacial score (nSPS) is 11.7. The standard InChI is InChI=1S/C23H29N3O/c1-16-10-11-17(2)18(14-16)15-26-20-9-7-6-8-19(20)25-21(26)12-13-24-22(27)23(3,4)5/h6-11,14H,12-13,15H2,1-5H3,(H,24,27). The lowest BCUT2D eigenvalue weighted by atomic mass is 9.96. The Kier molecular flexibility index (Phi) is 5.36. The summed E-state index contributed by atoms with van der Waals surface area (Å²) in [5.41, 5.74) is 5.61. The maximum absolute atomic E-state index is 12.1. The number of carbonyl (C=O) groups is 1. The molecule has 1 amide bonds. The number of benzene rings is 2. The van der Waals surface area contributed by atoms with E-state index in [1.165, 1.54) is 16.7 Å². The maximum Gasteiger partial charge on any atom is 0.225 e. The van der Waals surface area contributed by atoms with Crippen LogP contribution in [0.2, 0.25) is 0 Å². The Labute approximate surface area is 161 Å². The van der Waals surface area contributed by atoms with E-state index in [1.54, 1.807) is 0 Å². The lowest BCUT2D eigenvalue weighted by Gasteiger charge is -2.18. The van der Waals surface area contributed by atoms with E-state index >= 15 is 0 Å². The molecule has 0 aliphatic carbocycles. The Balaban J connectivity index is 1.88. The van der Waals surface area contributed by atoms with E-state index in [9.17, 15) is 4.79 Å². The molecule has 1 aromatic heterocycles. The van der Waals surface area contributed by atoms with Gasteiger partial charge >= 0.3 is 0 Å². The molecule has 0 aliphatic rings. The topological polar surface area (TPSA) is 46.9 Å². The highest BCUT2D eigenvalue weighted by Crippen LogP contribution is 2.20. The number of aryl methyl sites for hydroxylation is 2. The zero-order chi connectivity index (χ0) is 19.6. The summed E-state index contributed by atoms with van der Waals surface area (Å²) in [4.78, 5) is 17.0. The number of rotatable bonds is 5. The highest BCUT2D eigenvalue weighted by atomic mass is 16.2. The van der Waals surface area contributed by atoms with E-state index in [0.717, 1.165) is 23.4 Å². The molecule has 3 rings (SSSR count). The summed E-state index contributed by atoms with van der Waals surface area (Å²) < 4.78 is 2.28. The summed E-state index contributed by atoms with van der Waals surface area (Å²) >= 11 is 0. The largest absolute Gasteiger partial charge is 0.355 e. The van der Waals surface area contributed by atoms with Gasteiger partial charge in [-0.1, -0.05) is 56.7 Å². The van der Waals surface area contributed by atoms with Gasteiger partial charge in [-0.3, -0.25) is 4.79 Å². The predicted octanol–water partition coefficient (Wildman–Crippen LogP) is 4.41. The molecule has 4 heteroatoms. The molecule has 0 radical (unpaired) electrons. The number of fused-ring (bicyclic) bond motifs is 1. The van der Waals surface area contributed by atoms with Crippen molar-refractivity contribution in [2.75, 3.05) is 6.54 Å². The van der Waals surface area contributed by atoms with Crippen molar-refractivity contribution in [1.82, 2.24) is 14.9 Å². The van der Waals surface area contributed by atoms with E-state index in [2.05, 4.69) is 54.1 Å².